The van der Waals surface area contributed by atoms with Crippen molar-refractivity contribution in [1.82, 2.24) is 0 Å². The molecule has 2 atom stereocenters. The van der Waals surface area contributed by atoms with Crippen LogP contribution in [0.5, 0.6) is 5.75 Å². The molecule has 0 saturated carbocycles. The Bertz CT molecular complexity index is 370. The van der Waals surface area contributed by atoms with Crippen molar-refractivity contribution in [3.05, 3.63) is 10.3 Å². The summed E-state index contributed by atoms with van der Waals surface area (Å²) >= 11 is 0.951. The van der Waals surface area contributed by atoms with Crippen LogP contribution in [0.3, 0.4) is 0 Å². The van der Waals surface area contributed by atoms with E-state index in [-0.39, 0.29) is 16.3 Å². The number of hydrogen-bond donors (Lipinski definition) is 2. The van der Waals surface area contributed by atoms with Gasteiger partial charge in [-0.05, 0) is 0 Å². The van der Waals surface area contributed by atoms with Crippen LogP contribution in [-0.4, -0.2) is 21.4 Å². The van der Waals surface area contributed by atoms with E-state index >= 15 is 0 Å². The quantitative estimate of drug-likeness (QED) is 0.607. The molecule has 0 saturated heterocycles. The average Bonchev–Trinajstić information content (AvgIpc) is 2.32. The summed E-state index contributed by atoms with van der Waals surface area (Å²) in [7, 11) is 4.64. The summed E-state index contributed by atoms with van der Waals surface area (Å²) < 4.78 is 0. The second-order valence-corrected chi connectivity index (χ2v) is 4.87. The van der Waals surface area contributed by atoms with Crippen molar-refractivity contribution in [1.29, 1.82) is 0 Å². The lowest BCUT2D eigenvalue weighted by Gasteiger charge is -1.92. The van der Waals surface area contributed by atoms with Crippen LogP contribution in [0, 0.1) is 0 Å². The van der Waals surface area contributed by atoms with E-state index in [0.717, 1.165) is 11.3 Å². The van der Waals surface area contributed by atoms with E-state index in [1.54, 1.807) is 0 Å². The first kappa shape index (κ1) is 10.6. The van der Waals surface area contributed by atoms with E-state index in [1.807, 2.05) is 0 Å². The van der Waals surface area contributed by atoms with Crippen molar-refractivity contribution in [2.45, 2.75) is 0 Å². The summed E-state index contributed by atoms with van der Waals surface area (Å²) in [4.78, 5) is 14.3. The molecule has 1 rings (SSSR count). The molecule has 0 bridgehead atoms. The number of carboxylic acids is 1. The van der Waals surface area contributed by atoms with Crippen molar-refractivity contribution in [2.75, 3.05) is 0 Å². The number of carboxylic acid groups (broad SMARTS) is 1. The standard InChI is InChI=1S/C6H7NO3P2S/c8-3-2(7-6(11)12)1-13-4(3)5(9)10/h1,8H,11-12H2,(H,9,10). The zero-order valence-electron chi connectivity index (χ0n) is 6.39. The Morgan fingerprint density at radius 3 is 2.54 bits per heavy atom. The Morgan fingerprint density at radius 1 is 1.54 bits per heavy atom. The minimum Gasteiger partial charge on any atom is -0.504 e. The van der Waals surface area contributed by atoms with Gasteiger partial charge in [-0.3, -0.25) is 0 Å². The van der Waals surface area contributed by atoms with Crippen LogP contribution < -0.4 is 0 Å². The van der Waals surface area contributed by atoms with Gasteiger partial charge in [0, 0.05) is 5.38 Å². The zero-order valence-corrected chi connectivity index (χ0v) is 9.52. The monoisotopic (exact) mass is 235 g/mol. The molecule has 70 valence electrons. The number of thiophene rings is 1. The van der Waals surface area contributed by atoms with Crippen LogP contribution in [0.15, 0.2) is 10.4 Å². The Labute approximate surface area is 83.1 Å². The summed E-state index contributed by atoms with van der Waals surface area (Å²) in [5.74, 6) is -1.42. The van der Waals surface area contributed by atoms with Crippen molar-refractivity contribution < 1.29 is 15.0 Å². The molecule has 0 aliphatic rings. The zero-order chi connectivity index (χ0) is 10.0. The van der Waals surface area contributed by atoms with Gasteiger partial charge in [-0.1, -0.05) is 18.5 Å². The molecule has 0 spiro atoms. The molecule has 0 fully saturated rings. The lowest BCUT2D eigenvalue weighted by molar-refractivity contribution is 0.0699. The lowest BCUT2D eigenvalue weighted by Crippen LogP contribution is -1.90. The predicted molar refractivity (Wildman–Crippen MR) is 59.5 cm³/mol. The van der Waals surface area contributed by atoms with Gasteiger partial charge in [0.15, 0.2) is 10.6 Å². The average molecular weight is 235 g/mol. The number of aromatic carboxylic acids is 1. The van der Waals surface area contributed by atoms with Gasteiger partial charge in [-0.2, -0.15) is 0 Å². The van der Waals surface area contributed by atoms with E-state index in [9.17, 15) is 9.90 Å². The fourth-order valence-corrected chi connectivity index (χ4v) is 1.70. The maximum absolute atomic E-state index is 10.5. The summed E-state index contributed by atoms with van der Waals surface area (Å²) in [5.41, 5.74) is 0.280. The number of hydrogen-bond acceptors (Lipinski definition) is 4. The van der Waals surface area contributed by atoms with E-state index in [4.69, 9.17) is 5.11 Å². The number of nitrogens with zero attached hydrogens (tertiary/aromatic N) is 1. The van der Waals surface area contributed by atoms with E-state index in [1.165, 1.54) is 5.38 Å². The Hall–Kier alpha value is -0.500. The van der Waals surface area contributed by atoms with Crippen molar-refractivity contribution in [2.24, 2.45) is 4.99 Å². The molecule has 0 radical (unpaired) electrons. The van der Waals surface area contributed by atoms with Crippen LogP contribution >= 0.6 is 29.8 Å². The van der Waals surface area contributed by atoms with Crippen molar-refractivity contribution in [3.63, 3.8) is 0 Å². The highest BCUT2D eigenvalue weighted by atomic mass is 32.1. The second-order valence-electron chi connectivity index (χ2n) is 2.14. The number of aromatic hydroxyl groups is 1. The molecular weight excluding hydrogens is 228 g/mol. The van der Waals surface area contributed by atoms with Crippen molar-refractivity contribution >= 4 is 46.7 Å². The van der Waals surface area contributed by atoms with E-state index in [2.05, 4.69) is 23.5 Å². The van der Waals surface area contributed by atoms with Crippen LogP contribution in [0.2, 0.25) is 0 Å². The first-order valence-electron chi connectivity index (χ1n) is 3.15. The number of aliphatic imine (C=N–C) groups is 1. The Morgan fingerprint density at radius 2 is 2.15 bits per heavy atom. The number of carbonyl (C=O) groups is 1. The van der Waals surface area contributed by atoms with Crippen LogP contribution in [0.1, 0.15) is 9.67 Å². The van der Waals surface area contributed by atoms with Gasteiger partial charge >= 0.3 is 5.97 Å². The SMILES string of the molecule is O=C(O)c1scc(N=C(P)P)c1O. The highest BCUT2D eigenvalue weighted by molar-refractivity contribution is 7.69. The van der Waals surface area contributed by atoms with Crippen LogP contribution in [0.4, 0.5) is 5.69 Å². The summed E-state index contributed by atoms with van der Waals surface area (Å²) in [6, 6.07) is 0. The maximum Gasteiger partial charge on any atom is 0.349 e. The summed E-state index contributed by atoms with van der Waals surface area (Å²) in [5, 5.41) is 20.1. The fourth-order valence-electron chi connectivity index (χ4n) is 0.713. The van der Waals surface area contributed by atoms with Gasteiger partial charge in [0.25, 0.3) is 0 Å². The van der Waals surface area contributed by atoms with Crippen molar-refractivity contribution in [3.8, 4) is 5.75 Å². The van der Waals surface area contributed by atoms with Gasteiger partial charge in [0.05, 0.1) is 5.19 Å². The smallest absolute Gasteiger partial charge is 0.349 e. The normalized spacial score (nSPS) is 9.69. The predicted octanol–water partition coefficient (Wildman–Crippen LogP) is 1.89. The molecule has 0 aliphatic heterocycles. The van der Waals surface area contributed by atoms with Gasteiger partial charge in [0.2, 0.25) is 0 Å². The molecule has 4 nitrogen and oxygen atoms in total. The first-order chi connectivity index (χ1) is 6.02. The highest BCUT2D eigenvalue weighted by Crippen LogP contribution is 2.36. The molecule has 0 amide bonds. The van der Waals surface area contributed by atoms with E-state index < -0.39 is 5.97 Å². The molecule has 1 aromatic rings. The lowest BCUT2D eigenvalue weighted by atomic mass is 10.4. The Kier molecular flexibility index (Phi) is 3.37. The molecule has 2 N–H and O–H groups in total. The second kappa shape index (κ2) is 4.14. The van der Waals surface area contributed by atoms with Gasteiger partial charge < -0.3 is 10.2 Å². The molecule has 0 aliphatic carbocycles. The fraction of sp³-hybridized carbons (Fsp3) is 0. The minimum absolute atomic E-state index is 0.0880. The summed E-state index contributed by atoms with van der Waals surface area (Å²) in [6.45, 7) is 0. The minimum atomic E-state index is -1.14. The first-order valence-corrected chi connectivity index (χ1v) is 5.19. The topological polar surface area (TPSA) is 69.9 Å². The molecule has 2 unspecified atom stereocenters. The van der Waals surface area contributed by atoms with E-state index in [0.29, 0.717) is 5.19 Å². The molecule has 13 heavy (non-hydrogen) atoms. The van der Waals surface area contributed by atoms with Crippen LogP contribution in [-0.2, 0) is 0 Å². The third-order valence-electron chi connectivity index (χ3n) is 1.19. The largest absolute Gasteiger partial charge is 0.504 e. The van der Waals surface area contributed by atoms with Gasteiger partial charge in [-0.25, -0.2) is 9.79 Å². The van der Waals surface area contributed by atoms with Crippen LogP contribution in [0.25, 0.3) is 0 Å². The molecular formula is C6H7NO3P2S. The van der Waals surface area contributed by atoms with Gasteiger partial charge in [0.1, 0.15) is 5.69 Å². The molecule has 7 heteroatoms. The number of rotatable bonds is 2. The Balaban J connectivity index is 3.14. The third kappa shape index (κ3) is 2.47. The summed E-state index contributed by atoms with van der Waals surface area (Å²) in [6.07, 6.45) is 0. The molecule has 0 aromatic carbocycles. The van der Waals surface area contributed by atoms with Gasteiger partial charge in [-0.15, -0.1) is 11.3 Å². The maximum atomic E-state index is 10.5. The molecule has 1 heterocycles. The third-order valence-corrected chi connectivity index (χ3v) is 2.39. The highest BCUT2D eigenvalue weighted by Gasteiger charge is 2.15. The molecule has 1 aromatic heterocycles.